The first-order valence-corrected chi connectivity index (χ1v) is 6.86. The third-order valence-electron chi connectivity index (χ3n) is 3.45. The Hall–Kier alpha value is -2.30. The summed E-state index contributed by atoms with van der Waals surface area (Å²) < 4.78 is 11.5. The number of rotatable bonds is 4. The van der Waals surface area contributed by atoms with E-state index >= 15 is 0 Å². The lowest BCUT2D eigenvalue weighted by atomic mass is 10.0. The molecule has 1 unspecified atom stereocenters. The average Bonchev–Trinajstić information content (AvgIpc) is 2.54. The zero-order valence-corrected chi connectivity index (χ0v) is 11.7. The highest BCUT2D eigenvalue weighted by molar-refractivity contribution is 5.65. The van der Waals surface area contributed by atoms with Crippen LogP contribution in [0, 0.1) is 0 Å². The van der Waals surface area contributed by atoms with Crippen molar-refractivity contribution in [2.24, 2.45) is 0 Å². The van der Waals surface area contributed by atoms with Crippen LogP contribution in [-0.2, 0) is 0 Å². The van der Waals surface area contributed by atoms with Crippen LogP contribution in [0.2, 0.25) is 0 Å². The van der Waals surface area contributed by atoms with E-state index in [1.165, 1.54) is 0 Å². The largest absolute Gasteiger partial charge is 0.489 e. The maximum Gasteiger partial charge on any atom is 0.128 e. The van der Waals surface area contributed by atoms with Crippen molar-refractivity contribution in [2.75, 3.05) is 6.61 Å². The van der Waals surface area contributed by atoms with E-state index in [9.17, 15) is 0 Å². The molecule has 4 heteroatoms. The molecule has 1 heterocycles. The van der Waals surface area contributed by atoms with Crippen molar-refractivity contribution in [1.82, 2.24) is 5.48 Å². The number of hydrogen-bond acceptors (Lipinski definition) is 4. The van der Waals surface area contributed by atoms with E-state index in [-0.39, 0.29) is 6.04 Å². The lowest BCUT2D eigenvalue weighted by Crippen LogP contribution is -2.28. The van der Waals surface area contributed by atoms with E-state index in [0.29, 0.717) is 6.61 Å². The first kappa shape index (κ1) is 13.7. The second-order valence-corrected chi connectivity index (χ2v) is 4.97. The molecule has 0 aromatic heterocycles. The summed E-state index contributed by atoms with van der Waals surface area (Å²) in [6.07, 6.45) is 2.02. The van der Waals surface area contributed by atoms with E-state index < -0.39 is 0 Å². The van der Waals surface area contributed by atoms with Gasteiger partial charge < -0.3 is 14.7 Å². The molecule has 0 saturated carbocycles. The Bertz CT molecular complexity index is 652. The van der Waals surface area contributed by atoms with Crippen LogP contribution in [0.3, 0.4) is 0 Å². The average molecular weight is 283 g/mol. The Kier molecular flexibility index (Phi) is 3.90. The molecular formula is C17H17NO3. The molecule has 2 aromatic rings. The number of hydrogen-bond donors (Lipinski definition) is 2. The Morgan fingerprint density at radius 1 is 1.14 bits per heavy atom. The van der Waals surface area contributed by atoms with E-state index in [0.717, 1.165) is 28.4 Å². The van der Waals surface area contributed by atoms with Crippen LogP contribution < -0.4 is 15.0 Å². The van der Waals surface area contributed by atoms with Gasteiger partial charge >= 0.3 is 0 Å². The van der Waals surface area contributed by atoms with Gasteiger partial charge in [-0.05, 0) is 48.9 Å². The SMILES string of the molecule is CC(NO)C1=Cc2cc(Oc3ccccc3)ccc2OC1. The number of hydroxylamine groups is 1. The van der Waals surface area contributed by atoms with Gasteiger partial charge in [0.1, 0.15) is 23.9 Å². The number of benzene rings is 2. The molecule has 1 aliphatic rings. The Labute approximate surface area is 123 Å². The Morgan fingerprint density at radius 2 is 1.95 bits per heavy atom. The van der Waals surface area contributed by atoms with Crippen LogP contribution in [0.5, 0.6) is 17.2 Å². The van der Waals surface area contributed by atoms with E-state index in [1.807, 2.05) is 61.5 Å². The summed E-state index contributed by atoms with van der Waals surface area (Å²) >= 11 is 0. The fraction of sp³-hybridized carbons (Fsp3) is 0.176. The number of nitrogens with one attached hydrogen (secondary N) is 1. The molecule has 21 heavy (non-hydrogen) atoms. The summed E-state index contributed by atoms with van der Waals surface area (Å²) in [5.41, 5.74) is 4.18. The van der Waals surface area contributed by atoms with Gasteiger partial charge in [0.25, 0.3) is 0 Å². The summed E-state index contributed by atoms with van der Waals surface area (Å²) in [6.45, 7) is 2.35. The van der Waals surface area contributed by atoms with Crippen molar-refractivity contribution in [3.05, 3.63) is 59.7 Å². The maximum atomic E-state index is 9.01. The quantitative estimate of drug-likeness (QED) is 0.841. The predicted octanol–water partition coefficient (Wildman–Crippen LogP) is 3.62. The van der Waals surface area contributed by atoms with Gasteiger partial charge in [0, 0.05) is 5.56 Å². The molecule has 1 aliphatic heterocycles. The summed E-state index contributed by atoms with van der Waals surface area (Å²) in [7, 11) is 0. The molecule has 0 aliphatic carbocycles. The Balaban J connectivity index is 1.86. The lowest BCUT2D eigenvalue weighted by molar-refractivity contribution is 0.140. The molecule has 0 amide bonds. The van der Waals surface area contributed by atoms with Crippen molar-refractivity contribution in [2.45, 2.75) is 13.0 Å². The van der Waals surface area contributed by atoms with E-state index in [4.69, 9.17) is 14.7 Å². The summed E-state index contributed by atoms with van der Waals surface area (Å²) in [6, 6.07) is 15.2. The van der Waals surface area contributed by atoms with Crippen molar-refractivity contribution in [1.29, 1.82) is 0 Å². The van der Waals surface area contributed by atoms with Crippen LogP contribution in [0.15, 0.2) is 54.1 Å². The molecule has 2 aromatic carbocycles. The highest BCUT2D eigenvalue weighted by Gasteiger charge is 2.16. The first-order valence-electron chi connectivity index (χ1n) is 6.86. The molecule has 0 radical (unpaired) electrons. The van der Waals surface area contributed by atoms with E-state index in [2.05, 4.69) is 5.48 Å². The van der Waals surface area contributed by atoms with Crippen LogP contribution in [-0.4, -0.2) is 17.9 Å². The van der Waals surface area contributed by atoms with Gasteiger partial charge in [-0.2, -0.15) is 5.48 Å². The fourth-order valence-corrected chi connectivity index (χ4v) is 2.19. The molecule has 2 N–H and O–H groups in total. The summed E-state index contributed by atoms with van der Waals surface area (Å²) in [5, 5.41) is 9.01. The van der Waals surface area contributed by atoms with Crippen molar-refractivity contribution in [3.8, 4) is 17.2 Å². The van der Waals surface area contributed by atoms with Gasteiger partial charge in [0.2, 0.25) is 0 Å². The molecule has 3 rings (SSSR count). The highest BCUT2D eigenvalue weighted by atomic mass is 16.5. The zero-order valence-electron chi connectivity index (χ0n) is 11.7. The van der Waals surface area contributed by atoms with Crippen molar-refractivity contribution < 1.29 is 14.7 Å². The first-order chi connectivity index (χ1) is 10.3. The molecule has 108 valence electrons. The third-order valence-corrected chi connectivity index (χ3v) is 3.45. The zero-order chi connectivity index (χ0) is 14.7. The fourth-order valence-electron chi connectivity index (χ4n) is 2.19. The third kappa shape index (κ3) is 3.07. The smallest absolute Gasteiger partial charge is 0.128 e. The standard InChI is InChI=1S/C17H17NO3/c1-12(18-19)14-9-13-10-16(7-8-17(13)20-11-14)21-15-5-3-2-4-6-15/h2-10,12,18-19H,11H2,1H3. The number of para-hydroxylation sites is 1. The molecule has 0 saturated heterocycles. The van der Waals surface area contributed by atoms with Crippen LogP contribution in [0.1, 0.15) is 12.5 Å². The van der Waals surface area contributed by atoms with Crippen LogP contribution >= 0.6 is 0 Å². The van der Waals surface area contributed by atoms with Gasteiger partial charge in [-0.25, -0.2) is 0 Å². The van der Waals surface area contributed by atoms with Gasteiger partial charge in [-0.1, -0.05) is 18.2 Å². The maximum absolute atomic E-state index is 9.01. The van der Waals surface area contributed by atoms with Crippen molar-refractivity contribution >= 4 is 6.08 Å². The normalized spacial score (nSPS) is 14.7. The van der Waals surface area contributed by atoms with Crippen molar-refractivity contribution in [3.63, 3.8) is 0 Å². The molecule has 0 bridgehead atoms. The molecule has 4 nitrogen and oxygen atoms in total. The Morgan fingerprint density at radius 3 is 2.71 bits per heavy atom. The topological polar surface area (TPSA) is 50.7 Å². The number of fused-ring (bicyclic) bond motifs is 1. The molecule has 1 atom stereocenters. The summed E-state index contributed by atoms with van der Waals surface area (Å²) in [4.78, 5) is 0. The molecular weight excluding hydrogens is 266 g/mol. The second kappa shape index (κ2) is 5.99. The van der Waals surface area contributed by atoms with E-state index in [1.54, 1.807) is 0 Å². The van der Waals surface area contributed by atoms with Gasteiger partial charge in [0.05, 0.1) is 6.04 Å². The minimum atomic E-state index is -0.142. The minimum Gasteiger partial charge on any atom is -0.489 e. The van der Waals surface area contributed by atoms with Crippen LogP contribution in [0.25, 0.3) is 6.08 Å². The predicted molar refractivity (Wildman–Crippen MR) is 80.8 cm³/mol. The van der Waals surface area contributed by atoms with Gasteiger partial charge in [0.15, 0.2) is 0 Å². The van der Waals surface area contributed by atoms with Gasteiger partial charge in [-0.15, -0.1) is 0 Å². The lowest BCUT2D eigenvalue weighted by Gasteiger charge is -2.22. The van der Waals surface area contributed by atoms with Gasteiger partial charge in [-0.3, -0.25) is 0 Å². The summed E-state index contributed by atoms with van der Waals surface area (Å²) in [5.74, 6) is 2.37. The highest BCUT2D eigenvalue weighted by Crippen LogP contribution is 2.32. The second-order valence-electron chi connectivity index (χ2n) is 4.97. The minimum absolute atomic E-state index is 0.142. The monoisotopic (exact) mass is 283 g/mol. The molecule has 0 fully saturated rings. The van der Waals surface area contributed by atoms with Crippen LogP contribution in [0.4, 0.5) is 0 Å². The molecule has 0 spiro atoms. The number of ether oxygens (including phenoxy) is 2.